The van der Waals surface area contributed by atoms with Gasteiger partial charge in [0.25, 0.3) is 0 Å². The van der Waals surface area contributed by atoms with E-state index in [-0.39, 0.29) is 0 Å². The molecule has 0 radical (unpaired) electrons. The molecule has 0 spiro atoms. The number of nitrogens with one attached hydrogen (secondary N) is 1. The molecule has 0 saturated carbocycles. The van der Waals surface area contributed by atoms with Crippen molar-refractivity contribution >= 4 is 16.8 Å². The maximum atomic E-state index is 6.05. The zero-order valence-electron chi connectivity index (χ0n) is 13.4. The number of nitrogens with zero attached hydrogens (tertiary/aromatic N) is 2. The van der Waals surface area contributed by atoms with Crippen molar-refractivity contribution in [1.29, 1.82) is 0 Å². The van der Waals surface area contributed by atoms with Gasteiger partial charge >= 0.3 is 0 Å². The quantitative estimate of drug-likeness (QED) is 0.589. The number of hydrogen-bond acceptors (Lipinski definition) is 3. The Morgan fingerprint density at radius 2 is 2.00 bits per heavy atom. The lowest BCUT2D eigenvalue weighted by atomic mass is 10.1. The van der Waals surface area contributed by atoms with Crippen LogP contribution in [-0.2, 0) is 6.42 Å². The molecular weight excluding hydrogens is 298 g/mol. The topological polar surface area (TPSA) is 43.0 Å². The summed E-state index contributed by atoms with van der Waals surface area (Å²) in [5.41, 5.74) is 5.36. The first-order valence-electron chi connectivity index (χ1n) is 8.21. The monoisotopic (exact) mass is 315 g/mol. The lowest BCUT2D eigenvalue weighted by Gasteiger charge is -2.06. The van der Waals surface area contributed by atoms with Crippen molar-refractivity contribution in [3.8, 4) is 17.1 Å². The zero-order valence-corrected chi connectivity index (χ0v) is 13.4. The second-order valence-corrected chi connectivity index (χ2v) is 6.25. The number of para-hydroxylation sites is 1. The highest BCUT2D eigenvalue weighted by Gasteiger charge is 2.25. The predicted molar refractivity (Wildman–Crippen MR) is 95.7 cm³/mol. The Bertz CT molecular complexity index is 1020. The highest BCUT2D eigenvalue weighted by molar-refractivity contribution is 5.83. The molecule has 0 bridgehead atoms. The van der Waals surface area contributed by atoms with Crippen LogP contribution in [-0.4, -0.2) is 16.3 Å². The number of furan rings is 1. The Morgan fingerprint density at radius 1 is 1.08 bits per heavy atom. The summed E-state index contributed by atoms with van der Waals surface area (Å²) in [7, 11) is 0. The van der Waals surface area contributed by atoms with Crippen molar-refractivity contribution in [2.24, 2.45) is 0 Å². The first kappa shape index (κ1) is 13.4. The molecule has 24 heavy (non-hydrogen) atoms. The van der Waals surface area contributed by atoms with Crippen LogP contribution < -0.4 is 5.32 Å². The van der Waals surface area contributed by atoms with E-state index in [1.54, 1.807) is 0 Å². The van der Waals surface area contributed by atoms with Crippen LogP contribution >= 0.6 is 0 Å². The number of anilines is 1. The van der Waals surface area contributed by atoms with E-state index >= 15 is 0 Å². The summed E-state index contributed by atoms with van der Waals surface area (Å²) < 4.78 is 8.05. The summed E-state index contributed by atoms with van der Waals surface area (Å²) in [4.78, 5) is 0. The third-order valence-corrected chi connectivity index (χ3v) is 4.56. The average molecular weight is 315 g/mol. The molecular formula is C20H17N3O. The fourth-order valence-electron chi connectivity index (χ4n) is 3.42. The van der Waals surface area contributed by atoms with E-state index in [9.17, 15) is 0 Å². The first-order valence-corrected chi connectivity index (χ1v) is 8.21. The van der Waals surface area contributed by atoms with Crippen LogP contribution in [0.4, 0.5) is 5.82 Å². The fraction of sp³-hybridized carbons (Fsp3) is 0.150. The Hall–Kier alpha value is -3.01. The van der Waals surface area contributed by atoms with E-state index in [0.29, 0.717) is 0 Å². The first-order chi connectivity index (χ1) is 11.8. The van der Waals surface area contributed by atoms with Gasteiger partial charge < -0.3 is 9.73 Å². The van der Waals surface area contributed by atoms with Crippen LogP contribution in [0.15, 0.2) is 59.0 Å². The molecule has 0 unspecified atom stereocenters. The molecule has 0 saturated heterocycles. The molecule has 1 aliphatic heterocycles. The summed E-state index contributed by atoms with van der Waals surface area (Å²) >= 11 is 0. The minimum atomic E-state index is 0.836. The van der Waals surface area contributed by atoms with Crippen molar-refractivity contribution in [2.75, 3.05) is 11.9 Å². The van der Waals surface area contributed by atoms with E-state index in [1.165, 1.54) is 11.1 Å². The Morgan fingerprint density at radius 3 is 2.88 bits per heavy atom. The van der Waals surface area contributed by atoms with Crippen LogP contribution in [0.25, 0.3) is 28.1 Å². The standard InChI is InChI=1S/C20H17N3O/c1-13-5-4-7-15(11-13)23-20-16(9-10-21-20)19(22-23)18-12-14-6-2-3-8-17(14)24-18/h2-8,11-12,21H,9-10H2,1H3. The molecule has 1 aliphatic rings. The summed E-state index contributed by atoms with van der Waals surface area (Å²) in [5.74, 6) is 1.92. The molecule has 0 amide bonds. The van der Waals surface area contributed by atoms with Crippen LogP contribution in [0.2, 0.25) is 0 Å². The summed E-state index contributed by atoms with van der Waals surface area (Å²) in [5, 5.41) is 9.45. The van der Waals surface area contributed by atoms with Gasteiger partial charge in [-0.15, -0.1) is 0 Å². The molecule has 0 atom stereocenters. The van der Waals surface area contributed by atoms with Crippen molar-refractivity contribution < 1.29 is 4.42 Å². The third-order valence-electron chi connectivity index (χ3n) is 4.56. The second kappa shape index (κ2) is 4.99. The predicted octanol–water partition coefficient (Wildman–Crippen LogP) is 4.56. The van der Waals surface area contributed by atoms with Crippen LogP contribution in [0.1, 0.15) is 11.1 Å². The second-order valence-electron chi connectivity index (χ2n) is 6.25. The highest BCUT2D eigenvalue weighted by Crippen LogP contribution is 2.36. The van der Waals surface area contributed by atoms with Crippen molar-refractivity contribution in [3.63, 3.8) is 0 Å². The highest BCUT2D eigenvalue weighted by atomic mass is 16.3. The van der Waals surface area contributed by atoms with Gasteiger partial charge in [0.2, 0.25) is 0 Å². The van der Waals surface area contributed by atoms with Gasteiger partial charge in [-0.2, -0.15) is 5.10 Å². The lowest BCUT2D eigenvalue weighted by molar-refractivity contribution is 0.626. The number of fused-ring (bicyclic) bond motifs is 2. The van der Waals surface area contributed by atoms with E-state index in [2.05, 4.69) is 48.6 Å². The number of aromatic nitrogens is 2. The van der Waals surface area contributed by atoms with Gasteiger partial charge in [-0.1, -0.05) is 30.3 Å². The summed E-state index contributed by atoms with van der Waals surface area (Å²) in [6.45, 7) is 3.03. The van der Waals surface area contributed by atoms with Gasteiger partial charge in [0, 0.05) is 17.5 Å². The van der Waals surface area contributed by atoms with Gasteiger partial charge in [0.1, 0.15) is 17.1 Å². The smallest absolute Gasteiger partial charge is 0.156 e. The van der Waals surface area contributed by atoms with Crippen LogP contribution in [0.5, 0.6) is 0 Å². The normalized spacial score (nSPS) is 13.2. The Balaban J connectivity index is 1.71. The molecule has 2 aromatic carbocycles. The van der Waals surface area contributed by atoms with Gasteiger partial charge in [0.05, 0.1) is 5.69 Å². The van der Waals surface area contributed by atoms with Crippen molar-refractivity contribution in [3.05, 3.63) is 65.7 Å². The molecule has 2 aromatic heterocycles. The van der Waals surface area contributed by atoms with Gasteiger partial charge in [0.15, 0.2) is 5.76 Å². The fourth-order valence-corrected chi connectivity index (χ4v) is 3.42. The summed E-state index contributed by atoms with van der Waals surface area (Å²) in [6.07, 6.45) is 0.966. The number of aryl methyl sites for hydroxylation is 1. The molecule has 4 nitrogen and oxygen atoms in total. The van der Waals surface area contributed by atoms with E-state index in [0.717, 1.165) is 46.9 Å². The maximum Gasteiger partial charge on any atom is 0.156 e. The zero-order chi connectivity index (χ0) is 16.1. The maximum absolute atomic E-state index is 6.05. The molecule has 5 rings (SSSR count). The molecule has 118 valence electrons. The van der Waals surface area contributed by atoms with E-state index < -0.39 is 0 Å². The minimum absolute atomic E-state index is 0.836. The van der Waals surface area contributed by atoms with Crippen LogP contribution in [0.3, 0.4) is 0 Å². The van der Waals surface area contributed by atoms with Crippen molar-refractivity contribution in [2.45, 2.75) is 13.3 Å². The van der Waals surface area contributed by atoms with Gasteiger partial charge in [-0.3, -0.25) is 0 Å². The number of hydrogen-bond donors (Lipinski definition) is 1. The number of rotatable bonds is 2. The molecule has 4 heteroatoms. The Kier molecular flexibility index (Phi) is 2.80. The SMILES string of the molecule is Cc1cccc(-n2nc(-c3cc4ccccc4o3)c3c2NCC3)c1. The molecule has 0 aliphatic carbocycles. The largest absolute Gasteiger partial charge is 0.454 e. The van der Waals surface area contributed by atoms with E-state index in [4.69, 9.17) is 9.52 Å². The minimum Gasteiger partial charge on any atom is -0.454 e. The molecule has 0 fully saturated rings. The third kappa shape index (κ3) is 1.96. The molecule has 1 N–H and O–H groups in total. The molecule has 3 heterocycles. The molecule has 4 aromatic rings. The number of benzene rings is 2. The Labute approximate surface area is 139 Å². The average Bonchev–Trinajstić information content (AvgIpc) is 3.28. The van der Waals surface area contributed by atoms with Crippen molar-refractivity contribution in [1.82, 2.24) is 9.78 Å². The van der Waals surface area contributed by atoms with Crippen LogP contribution in [0, 0.1) is 6.92 Å². The summed E-state index contributed by atoms with van der Waals surface area (Å²) in [6, 6.07) is 18.6. The van der Waals surface area contributed by atoms with Gasteiger partial charge in [-0.05, 0) is 43.2 Å². The van der Waals surface area contributed by atoms with Gasteiger partial charge in [-0.25, -0.2) is 4.68 Å². The van der Waals surface area contributed by atoms with E-state index in [1.807, 2.05) is 22.9 Å². The lowest BCUT2D eigenvalue weighted by Crippen LogP contribution is -2.04.